The highest BCUT2D eigenvalue weighted by Crippen LogP contribution is 2.26. The molecule has 0 aliphatic carbocycles. The van der Waals surface area contributed by atoms with Gasteiger partial charge in [0.15, 0.2) is 0 Å². The predicted molar refractivity (Wildman–Crippen MR) is 128 cm³/mol. The first-order valence-electron chi connectivity index (χ1n) is 10.3. The summed E-state index contributed by atoms with van der Waals surface area (Å²) in [4.78, 5) is 35.4. The smallest absolute Gasteiger partial charge is 0.341 e. The van der Waals surface area contributed by atoms with Gasteiger partial charge in [-0.25, -0.2) is 4.79 Å². The number of hydrogen-bond donors (Lipinski definition) is 1. The molecular weight excluding hydrogens is 474 g/mol. The molecule has 0 unspecified atom stereocenters. The largest absolute Gasteiger partial charge is 0.496 e. The Hall–Kier alpha value is -4.50. The maximum atomic E-state index is 12.8. The standard InChI is InChI=1S/C23H21N5O6S/c1-14(2)34-23(30)19-6-7-35-22(19)26-21(29)16(10-24)8-15-4-5-20(33-3)17(9-15)12-27-13-18(11-25-27)28(31)32/h4-9,11,13-14H,12H2,1-3H3,(H,26,29). The first-order chi connectivity index (χ1) is 16.7. The zero-order valence-electron chi connectivity index (χ0n) is 19.0. The molecule has 0 aliphatic heterocycles. The van der Waals surface area contributed by atoms with Gasteiger partial charge in [-0.3, -0.25) is 19.6 Å². The topological polar surface area (TPSA) is 149 Å². The van der Waals surface area contributed by atoms with Gasteiger partial charge < -0.3 is 14.8 Å². The molecule has 35 heavy (non-hydrogen) atoms. The van der Waals surface area contributed by atoms with Crippen LogP contribution in [0.4, 0.5) is 10.7 Å². The molecule has 11 nitrogen and oxygen atoms in total. The number of nitriles is 1. The summed E-state index contributed by atoms with van der Waals surface area (Å²) in [6.07, 6.45) is 3.50. The van der Waals surface area contributed by atoms with Crippen molar-refractivity contribution in [2.75, 3.05) is 12.4 Å². The fourth-order valence-corrected chi connectivity index (χ4v) is 3.82. The van der Waals surface area contributed by atoms with E-state index in [0.29, 0.717) is 16.9 Å². The van der Waals surface area contributed by atoms with Crippen LogP contribution in [0.15, 0.2) is 47.6 Å². The summed E-state index contributed by atoms with van der Waals surface area (Å²) in [6, 6.07) is 8.42. The van der Waals surface area contributed by atoms with Crippen LogP contribution in [0.5, 0.6) is 5.75 Å². The number of rotatable bonds is 9. The Labute approximate surface area is 204 Å². The van der Waals surface area contributed by atoms with Gasteiger partial charge in [0.25, 0.3) is 5.91 Å². The Morgan fingerprint density at radius 3 is 2.77 bits per heavy atom. The number of carbonyl (C=O) groups is 2. The number of hydrogen-bond acceptors (Lipinski definition) is 9. The Morgan fingerprint density at radius 1 is 1.37 bits per heavy atom. The molecule has 0 saturated heterocycles. The molecule has 2 aromatic heterocycles. The lowest BCUT2D eigenvalue weighted by atomic mass is 10.1. The number of methoxy groups -OCH3 is 1. The fraction of sp³-hybridized carbons (Fsp3) is 0.217. The van der Waals surface area contributed by atoms with E-state index in [1.807, 2.05) is 6.07 Å². The van der Waals surface area contributed by atoms with Gasteiger partial charge in [-0.1, -0.05) is 6.07 Å². The number of nitrogens with zero attached hydrogens (tertiary/aromatic N) is 4. The molecule has 0 saturated carbocycles. The number of nitro groups is 1. The van der Waals surface area contributed by atoms with E-state index in [-0.39, 0.29) is 34.5 Å². The summed E-state index contributed by atoms with van der Waals surface area (Å²) in [6.45, 7) is 3.61. The Bertz CT molecular complexity index is 1330. The summed E-state index contributed by atoms with van der Waals surface area (Å²) < 4.78 is 11.9. The first kappa shape index (κ1) is 25.1. The Balaban J connectivity index is 1.83. The first-order valence-corrected chi connectivity index (χ1v) is 11.1. The summed E-state index contributed by atoms with van der Waals surface area (Å²) >= 11 is 1.14. The van der Waals surface area contributed by atoms with E-state index in [4.69, 9.17) is 9.47 Å². The van der Waals surface area contributed by atoms with Crippen LogP contribution >= 0.6 is 11.3 Å². The molecule has 0 fully saturated rings. The molecule has 0 aliphatic rings. The SMILES string of the molecule is COc1ccc(C=C(C#N)C(=O)Nc2sccc2C(=O)OC(C)C)cc1Cn1cc([N+](=O)[O-])cn1. The highest BCUT2D eigenvalue weighted by Gasteiger charge is 2.19. The zero-order valence-corrected chi connectivity index (χ0v) is 19.9. The molecule has 2 heterocycles. The Kier molecular flexibility index (Phi) is 7.96. The molecule has 0 radical (unpaired) electrons. The predicted octanol–water partition coefficient (Wildman–Crippen LogP) is 4.02. The number of thiophene rings is 1. The number of esters is 1. The summed E-state index contributed by atoms with van der Waals surface area (Å²) in [5.41, 5.74) is 1.03. The van der Waals surface area contributed by atoms with E-state index < -0.39 is 16.8 Å². The van der Waals surface area contributed by atoms with Gasteiger partial charge in [0.2, 0.25) is 0 Å². The van der Waals surface area contributed by atoms with E-state index in [1.54, 1.807) is 37.4 Å². The van der Waals surface area contributed by atoms with Crippen molar-refractivity contribution < 1.29 is 24.0 Å². The number of amides is 1. The maximum absolute atomic E-state index is 12.8. The van der Waals surface area contributed by atoms with E-state index in [9.17, 15) is 25.0 Å². The highest BCUT2D eigenvalue weighted by molar-refractivity contribution is 7.14. The van der Waals surface area contributed by atoms with Crippen LogP contribution in [-0.2, 0) is 16.1 Å². The molecule has 3 aromatic rings. The van der Waals surface area contributed by atoms with Gasteiger partial charge in [0.05, 0.1) is 30.2 Å². The van der Waals surface area contributed by atoms with Crippen molar-refractivity contribution in [3.63, 3.8) is 0 Å². The lowest BCUT2D eigenvalue weighted by molar-refractivity contribution is -0.385. The number of nitrogens with one attached hydrogen (secondary N) is 1. The molecule has 0 atom stereocenters. The molecule has 1 amide bonds. The molecule has 3 rings (SSSR count). The average molecular weight is 496 g/mol. The van der Waals surface area contributed by atoms with Crippen molar-refractivity contribution in [2.24, 2.45) is 0 Å². The number of aromatic nitrogens is 2. The van der Waals surface area contributed by atoms with Gasteiger partial charge in [-0.2, -0.15) is 10.4 Å². The van der Waals surface area contributed by atoms with Crippen LogP contribution in [0.25, 0.3) is 6.08 Å². The van der Waals surface area contributed by atoms with Crippen LogP contribution in [-0.4, -0.2) is 39.8 Å². The molecular formula is C23H21N5O6S. The average Bonchev–Trinajstić information content (AvgIpc) is 3.47. The zero-order chi connectivity index (χ0) is 25.5. The molecule has 180 valence electrons. The van der Waals surface area contributed by atoms with E-state index >= 15 is 0 Å². The number of benzene rings is 1. The summed E-state index contributed by atoms with van der Waals surface area (Å²) in [5, 5.41) is 29.0. The number of carbonyl (C=O) groups excluding carboxylic acids is 2. The fourth-order valence-electron chi connectivity index (χ4n) is 3.05. The summed E-state index contributed by atoms with van der Waals surface area (Å²) in [7, 11) is 1.48. The van der Waals surface area contributed by atoms with Gasteiger partial charge in [-0.05, 0) is 49.1 Å². The quantitative estimate of drug-likeness (QED) is 0.154. The third-order valence-electron chi connectivity index (χ3n) is 4.60. The number of ether oxygens (including phenoxy) is 2. The van der Waals surface area contributed by atoms with E-state index in [1.165, 1.54) is 30.1 Å². The third kappa shape index (κ3) is 6.30. The minimum atomic E-state index is -0.686. The van der Waals surface area contributed by atoms with Crippen LogP contribution in [0.2, 0.25) is 0 Å². The lowest BCUT2D eigenvalue weighted by Crippen LogP contribution is -2.17. The van der Waals surface area contributed by atoms with Crippen molar-refractivity contribution in [1.29, 1.82) is 5.26 Å². The molecule has 12 heteroatoms. The summed E-state index contributed by atoms with van der Waals surface area (Å²) in [5.74, 6) is -0.749. The van der Waals surface area contributed by atoms with Gasteiger partial charge >= 0.3 is 11.7 Å². The van der Waals surface area contributed by atoms with Crippen LogP contribution < -0.4 is 10.1 Å². The minimum Gasteiger partial charge on any atom is -0.496 e. The van der Waals surface area contributed by atoms with Crippen LogP contribution in [0, 0.1) is 21.4 Å². The van der Waals surface area contributed by atoms with Crippen molar-refractivity contribution in [1.82, 2.24) is 9.78 Å². The monoisotopic (exact) mass is 495 g/mol. The molecule has 0 bridgehead atoms. The molecule has 0 spiro atoms. The number of anilines is 1. The molecule has 1 N–H and O–H groups in total. The van der Waals surface area contributed by atoms with Crippen LogP contribution in [0.3, 0.4) is 0 Å². The second-order valence-electron chi connectivity index (χ2n) is 7.47. The lowest BCUT2D eigenvalue weighted by Gasteiger charge is -2.10. The normalized spacial score (nSPS) is 11.1. The van der Waals surface area contributed by atoms with Gasteiger partial charge in [0.1, 0.15) is 34.8 Å². The van der Waals surface area contributed by atoms with Gasteiger partial charge in [-0.15, -0.1) is 11.3 Å². The minimum absolute atomic E-state index is 0.145. The highest BCUT2D eigenvalue weighted by atomic mass is 32.1. The Morgan fingerprint density at radius 2 is 2.14 bits per heavy atom. The van der Waals surface area contributed by atoms with Crippen molar-refractivity contribution in [3.05, 3.63) is 74.4 Å². The second-order valence-corrected chi connectivity index (χ2v) is 8.38. The van der Waals surface area contributed by atoms with Crippen molar-refractivity contribution in [2.45, 2.75) is 26.5 Å². The van der Waals surface area contributed by atoms with Gasteiger partial charge in [0, 0.05) is 5.56 Å². The van der Waals surface area contributed by atoms with Crippen molar-refractivity contribution >= 4 is 40.0 Å². The third-order valence-corrected chi connectivity index (χ3v) is 5.43. The second kappa shape index (κ2) is 11.1. The van der Waals surface area contributed by atoms with E-state index in [2.05, 4.69) is 10.4 Å². The molecule has 1 aromatic carbocycles. The van der Waals surface area contributed by atoms with Crippen LogP contribution in [0.1, 0.15) is 35.3 Å². The maximum Gasteiger partial charge on any atom is 0.341 e. The van der Waals surface area contributed by atoms with E-state index in [0.717, 1.165) is 17.5 Å². The van der Waals surface area contributed by atoms with Crippen molar-refractivity contribution in [3.8, 4) is 11.8 Å².